The molecule has 0 saturated carbocycles. The lowest BCUT2D eigenvalue weighted by molar-refractivity contribution is -0.138. The van der Waals surface area contributed by atoms with Crippen molar-refractivity contribution in [3.63, 3.8) is 0 Å². The molecule has 0 unspecified atom stereocenters. The van der Waals surface area contributed by atoms with Crippen molar-refractivity contribution in [1.82, 2.24) is 15.1 Å². The maximum Gasteiger partial charge on any atom is 0.251 e. The van der Waals surface area contributed by atoms with E-state index in [-0.39, 0.29) is 24.1 Å². The molecule has 0 radical (unpaired) electrons. The topological polar surface area (TPSA) is 79.0 Å². The Hall–Kier alpha value is -2.57. The molecule has 1 aromatic carbocycles. The third-order valence-electron chi connectivity index (χ3n) is 4.65. The number of benzene rings is 1. The van der Waals surface area contributed by atoms with Crippen LogP contribution in [0.3, 0.4) is 0 Å². The summed E-state index contributed by atoms with van der Waals surface area (Å²) in [6.45, 7) is 4.76. The maximum atomic E-state index is 12.2. The minimum atomic E-state index is -0.177. The van der Waals surface area contributed by atoms with E-state index < -0.39 is 0 Å². The standard InChI is InChI=1S/C18H23N3O4/c1-13(22)20-7-9-21(10-8-20)17(23)4-6-19-18(24)15-2-3-16-14(12-15)5-11-25-16/h2-3,12H,4-11H2,1H3,(H,19,24). The average Bonchev–Trinajstić information content (AvgIpc) is 3.09. The van der Waals surface area contributed by atoms with Crippen LogP contribution in [0.1, 0.15) is 29.3 Å². The average molecular weight is 345 g/mol. The number of hydrogen-bond acceptors (Lipinski definition) is 4. The van der Waals surface area contributed by atoms with Crippen LogP contribution in [0, 0.1) is 0 Å². The first-order valence-corrected chi connectivity index (χ1v) is 8.62. The van der Waals surface area contributed by atoms with Crippen LogP contribution >= 0.6 is 0 Å². The van der Waals surface area contributed by atoms with Crippen molar-refractivity contribution in [1.29, 1.82) is 0 Å². The lowest BCUT2D eigenvalue weighted by atomic mass is 10.1. The Morgan fingerprint density at radius 3 is 2.56 bits per heavy atom. The van der Waals surface area contributed by atoms with Crippen molar-refractivity contribution in [2.24, 2.45) is 0 Å². The summed E-state index contributed by atoms with van der Waals surface area (Å²) in [6.07, 6.45) is 1.08. The summed E-state index contributed by atoms with van der Waals surface area (Å²) in [5.74, 6) is 0.713. The van der Waals surface area contributed by atoms with Gasteiger partial charge in [0.1, 0.15) is 5.75 Å². The summed E-state index contributed by atoms with van der Waals surface area (Å²) in [5, 5.41) is 2.80. The van der Waals surface area contributed by atoms with E-state index >= 15 is 0 Å². The van der Waals surface area contributed by atoms with Gasteiger partial charge >= 0.3 is 0 Å². The van der Waals surface area contributed by atoms with E-state index in [0.717, 1.165) is 17.7 Å². The van der Waals surface area contributed by atoms with Gasteiger partial charge in [-0.05, 0) is 23.8 Å². The summed E-state index contributed by atoms with van der Waals surface area (Å²) in [6, 6.07) is 5.40. The van der Waals surface area contributed by atoms with Gasteiger partial charge in [0.15, 0.2) is 0 Å². The molecule has 7 nitrogen and oxygen atoms in total. The van der Waals surface area contributed by atoms with E-state index in [9.17, 15) is 14.4 Å². The normalized spacial score (nSPS) is 16.2. The fourth-order valence-electron chi connectivity index (χ4n) is 3.14. The Bertz CT molecular complexity index is 681. The van der Waals surface area contributed by atoms with E-state index in [1.165, 1.54) is 6.92 Å². The van der Waals surface area contributed by atoms with Crippen LogP contribution in [0.5, 0.6) is 5.75 Å². The predicted molar refractivity (Wildman–Crippen MR) is 91.4 cm³/mol. The first-order chi connectivity index (χ1) is 12.0. The molecule has 1 fully saturated rings. The predicted octanol–water partition coefficient (Wildman–Crippen LogP) is 0.432. The molecule has 3 amide bonds. The monoisotopic (exact) mass is 345 g/mol. The molecule has 3 rings (SSSR count). The largest absolute Gasteiger partial charge is 0.493 e. The van der Waals surface area contributed by atoms with Gasteiger partial charge in [0.25, 0.3) is 5.91 Å². The zero-order valence-electron chi connectivity index (χ0n) is 14.4. The molecule has 0 aromatic heterocycles. The fourth-order valence-corrected chi connectivity index (χ4v) is 3.14. The van der Waals surface area contributed by atoms with Crippen molar-refractivity contribution >= 4 is 17.7 Å². The van der Waals surface area contributed by atoms with E-state index in [0.29, 0.717) is 44.9 Å². The number of carbonyl (C=O) groups is 3. The number of ether oxygens (including phenoxy) is 1. The highest BCUT2D eigenvalue weighted by Crippen LogP contribution is 2.25. The highest BCUT2D eigenvalue weighted by molar-refractivity contribution is 5.94. The Morgan fingerprint density at radius 2 is 1.84 bits per heavy atom. The van der Waals surface area contributed by atoms with Crippen LogP contribution in [0.25, 0.3) is 0 Å². The number of nitrogens with zero attached hydrogens (tertiary/aromatic N) is 2. The molecule has 134 valence electrons. The van der Waals surface area contributed by atoms with E-state index in [2.05, 4.69) is 5.32 Å². The summed E-state index contributed by atoms with van der Waals surface area (Å²) in [7, 11) is 0. The van der Waals surface area contributed by atoms with Crippen LogP contribution in [0.4, 0.5) is 0 Å². The second-order valence-electron chi connectivity index (χ2n) is 6.31. The zero-order valence-corrected chi connectivity index (χ0v) is 14.4. The number of hydrogen-bond donors (Lipinski definition) is 1. The molecule has 7 heteroatoms. The summed E-state index contributed by atoms with van der Waals surface area (Å²) < 4.78 is 5.43. The van der Waals surface area contributed by atoms with Crippen molar-refractivity contribution in [2.75, 3.05) is 39.3 Å². The highest BCUT2D eigenvalue weighted by atomic mass is 16.5. The smallest absolute Gasteiger partial charge is 0.251 e. The van der Waals surface area contributed by atoms with Gasteiger partial charge in [-0.15, -0.1) is 0 Å². The molecule has 25 heavy (non-hydrogen) atoms. The molecular formula is C18H23N3O4. The number of rotatable bonds is 4. The maximum absolute atomic E-state index is 12.2. The van der Waals surface area contributed by atoms with Crippen LogP contribution in [-0.4, -0.2) is 66.9 Å². The van der Waals surface area contributed by atoms with Gasteiger partial charge in [-0.3, -0.25) is 14.4 Å². The molecule has 0 aliphatic carbocycles. The number of fused-ring (bicyclic) bond motifs is 1. The molecule has 1 N–H and O–H groups in total. The van der Waals surface area contributed by atoms with E-state index in [1.807, 2.05) is 12.1 Å². The SMILES string of the molecule is CC(=O)N1CCN(C(=O)CCNC(=O)c2ccc3c(c2)CCO3)CC1. The molecule has 0 spiro atoms. The molecule has 0 atom stereocenters. The molecule has 2 heterocycles. The van der Waals surface area contributed by atoms with Crippen LogP contribution in [0.15, 0.2) is 18.2 Å². The number of nitrogens with one attached hydrogen (secondary N) is 1. The first-order valence-electron chi connectivity index (χ1n) is 8.62. The summed E-state index contributed by atoms with van der Waals surface area (Å²) in [4.78, 5) is 39.2. The summed E-state index contributed by atoms with van der Waals surface area (Å²) in [5.41, 5.74) is 1.64. The van der Waals surface area contributed by atoms with Gasteiger partial charge in [0.2, 0.25) is 11.8 Å². The number of amides is 3. The van der Waals surface area contributed by atoms with Gasteiger partial charge in [-0.1, -0.05) is 0 Å². The van der Waals surface area contributed by atoms with Gasteiger partial charge in [-0.25, -0.2) is 0 Å². The Kier molecular flexibility index (Phi) is 5.21. The van der Waals surface area contributed by atoms with Crippen molar-refractivity contribution in [3.8, 4) is 5.75 Å². The second kappa shape index (κ2) is 7.55. The molecule has 2 aliphatic heterocycles. The Balaban J connectivity index is 1.42. The van der Waals surface area contributed by atoms with Crippen LogP contribution < -0.4 is 10.1 Å². The number of piperazine rings is 1. The minimum absolute atomic E-state index is 0.00542. The highest BCUT2D eigenvalue weighted by Gasteiger charge is 2.22. The Morgan fingerprint density at radius 1 is 1.12 bits per heavy atom. The molecule has 2 aliphatic rings. The van der Waals surface area contributed by atoms with Crippen molar-refractivity contribution in [3.05, 3.63) is 29.3 Å². The van der Waals surface area contributed by atoms with Crippen LogP contribution in [-0.2, 0) is 16.0 Å². The molecule has 1 aromatic rings. The minimum Gasteiger partial charge on any atom is -0.493 e. The van der Waals surface area contributed by atoms with Gasteiger partial charge in [-0.2, -0.15) is 0 Å². The fraction of sp³-hybridized carbons (Fsp3) is 0.500. The first kappa shape index (κ1) is 17.3. The van der Waals surface area contributed by atoms with Crippen molar-refractivity contribution < 1.29 is 19.1 Å². The lowest BCUT2D eigenvalue weighted by Crippen LogP contribution is -2.50. The third-order valence-corrected chi connectivity index (χ3v) is 4.65. The molecule has 1 saturated heterocycles. The van der Waals surface area contributed by atoms with E-state index in [1.54, 1.807) is 15.9 Å². The molecular weight excluding hydrogens is 322 g/mol. The van der Waals surface area contributed by atoms with E-state index in [4.69, 9.17) is 4.74 Å². The van der Waals surface area contributed by atoms with Gasteiger partial charge in [0.05, 0.1) is 6.61 Å². The van der Waals surface area contributed by atoms with Crippen molar-refractivity contribution in [2.45, 2.75) is 19.8 Å². The quantitative estimate of drug-likeness (QED) is 0.858. The lowest BCUT2D eigenvalue weighted by Gasteiger charge is -2.34. The van der Waals surface area contributed by atoms with Gasteiger partial charge < -0.3 is 19.9 Å². The zero-order chi connectivity index (χ0) is 17.8. The summed E-state index contributed by atoms with van der Waals surface area (Å²) >= 11 is 0. The third kappa shape index (κ3) is 4.10. The molecule has 0 bridgehead atoms. The second-order valence-corrected chi connectivity index (χ2v) is 6.31. The Labute approximate surface area is 146 Å². The van der Waals surface area contributed by atoms with Gasteiger partial charge in [0, 0.05) is 58.1 Å². The van der Waals surface area contributed by atoms with Crippen LogP contribution in [0.2, 0.25) is 0 Å². The number of carbonyl (C=O) groups excluding carboxylic acids is 3.